The van der Waals surface area contributed by atoms with Gasteiger partial charge < -0.3 is 16.0 Å². The van der Waals surface area contributed by atoms with E-state index in [1.807, 2.05) is 29.2 Å². The van der Waals surface area contributed by atoms with Gasteiger partial charge in [0.05, 0.1) is 23.4 Å². The van der Waals surface area contributed by atoms with E-state index in [9.17, 15) is 4.79 Å². The Morgan fingerprint density at radius 2 is 2.21 bits per heavy atom. The number of nitrogens with zero attached hydrogens (tertiary/aromatic N) is 2. The van der Waals surface area contributed by atoms with Gasteiger partial charge >= 0.3 is 0 Å². The van der Waals surface area contributed by atoms with Crippen LogP contribution in [0.4, 0.5) is 11.4 Å². The molecule has 0 saturated carbocycles. The van der Waals surface area contributed by atoms with Crippen LogP contribution in [0.25, 0.3) is 10.9 Å². The molecule has 0 radical (unpaired) electrons. The van der Waals surface area contributed by atoms with E-state index in [2.05, 4.69) is 10.3 Å². The number of carbonyl (C=O) groups is 1. The first kappa shape index (κ1) is 11.8. The first-order valence-corrected chi connectivity index (χ1v) is 6.40. The van der Waals surface area contributed by atoms with Crippen molar-refractivity contribution in [1.29, 1.82) is 0 Å². The molecule has 0 aliphatic carbocycles. The zero-order valence-corrected chi connectivity index (χ0v) is 10.6. The fourth-order valence-corrected chi connectivity index (χ4v) is 2.45. The smallest absolute Gasteiger partial charge is 0.239 e. The maximum atomic E-state index is 11.6. The standard InChI is InChI=1S/C14H16N4O/c15-14-10-3-1-6-16-11(10)4-5-12(14)18-8-2-7-17-13(19)9-18/h1,3-6H,2,7-9,15H2,(H,17,19). The molecule has 2 aromatic rings. The van der Waals surface area contributed by atoms with Crippen molar-refractivity contribution < 1.29 is 4.79 Å². The Bertz CT molecular complexity index is 626. The second-order valence-corrected chi connectivity index (χ2v) is 4.69. The third kappa shape index (κ3) is 2.19. The molecule has 98 valence electrons. The van der Waals surface area contributed by atoms with Gasteiger partial charge in [-0.2, -0.15) is 0 Å². The van der Waals surface area contributed by atoms with E-state index in [0.717, 1.165) is 36.1 Å². The summed E-state index contributed by atoms with van der Waals surface area (Å²) in [7, 11) is 0. The fourth-order valence-electron chi connectivity index (χ4n) is 2.45. The number of pyridine rings is 1. The molecule has 2 heterocycles. The first-order chi connectivity index (χ1) is 9.25. The second kappa shape index (κ2) is 4.76. The Balaban J connectivity index is 2.04. The summed E-state index contributed by atoms with van der Waals surface area (Å²) in [6.45, 7) is 1.91. The van der Waals surface area contributed by atoms with Crippen molar-refractivity contribution in [3.05, 3.63) is 30.5 Å². The molecule has 1 aromatic carbocycles. The van der Waals surface area contributed by atoms with E-state index in [1.165, 1.54) is 0 Å². The van der Waals surface area contributed by atoms with Gasteiger partial charge in [0.15, 0.2) is 0 Å². The number of fused-ring (bicyclic) bond motifs is 1. The number of rotatable bonds is 1. The van der Waals surface area contributed by atoms with Gasteiger partial charge in [-0.25, -0.2) is 0 Å². The van der Waals surface area contributed by atoms with E-state index >= 15 is 0 Å². The molecule has 1 aliphatic heterocycles. The number of amides is 1. The van der Waals surface area contributed by atoms with Crippen LogP contribution >= 0.6 is 0 Å². The summed E-state index contributed by atoms with van der Waals surface area (Å²) in [4.78, 5) is 18.0. The summed E-state index contributed by atoms with van der Waals surface area (Å²) in [5, 5.41) is 3.80. The number of nitrogens with two attached hydrogens (primary N) is 1. The molecule has 1 amide bonds. The number of nitrogen functional groups attached to an aromatic ring is 1. The lowest BCUT2D eigenvalue weighted by atomic mass is 10.1. The highest BCUT2D eigenvalue weighted by atomic mass is 16.2. The van der Waals surface area contributed by atoms with E-state index in [-0.39, 0.29) is 5.91 Å². The van der Waals surface area contributed by atoms with Crippen LogP contribution in [0.1, 0.15) is 6.42 Å². The van der Waals surface area contributed by atoms with Crippen LogP contribution in [0, 0.1) is 0 Å². The Hall–Kier alpha value is -2.30. The molecule has 3 N–H and O–H groups in total. The van der Waals surface area contributed by atoms with Crippen LogP contribution in [0.2, 0.25) is 0 Å². The predicted molar refractivity (Wildman–Crippen MR) is 76.0 cm³/mol. The van der Waals surface area contributed by atoms with Gasteiger partial charge in [0.2, 0.25) is 5.91 Å². The maximum absolute atomic E-state index is 11.6. The van der Waals surface area contributed by atoms with E-state index < -0.39 is 0 Å². The third-order valence-electron chi connectivity index (χ3n) is 3.41. The highest BCUT2D eigenvalue weighted by Gasteiger charge is 2.17. The number of nitrogens with one attached hydrogen (secondary N) is 1. The van der Waals surface area contributed by atoms with Crippen molar-refractivity contribution in [2.75, 3.05) is 30.3 Å². The normalized spacial score (nSPS) is 16.2. The molecule has 0 spiro atoms. The third-order valence-corrected chi connectivity index (χ3v) is 3.41. The summed E-state index contributed by atoms with van der Waals surface area (Å²) >= 11 is 0. The van der Waals surface area contributed by atoms with Crippen molar-refractivity contribution in [1.82, 2.24) is 10.3 Å². The Morgan fingerprint density at radius 3 is 3.11 bits per heavy atom. The molecule has 1 aromatic heterocycles. The topological polar surface area (TPSA) is 71.2 Å². The molecule has 5 heteroatoms. The highest BCUT2D eigenvalue weighted by molar-refractivity contribution is 5.98. The zero-order valence-electron chi connectivity index (χ0n) is 10.6. The summed E-state index contributed by atoms with van der Waals surface area (Å²) in [6.07, 6.45) is 2.68. The molecule has 5 nitrogen and oxygen atoms in total. The van der Waals surface area contributed by atoms with Gasteiger partial charge in [0.1, 0.15) is 0 Å². The van der Waals surface area contributed by atoms with Crippen LogP contribution in [-0.2, 0) is 4.79 Å². The lowest BCUT2D eigenvalue weighted by Gasteiger charge is -2.23. The average molecular weight is 256 g/mol. The van der Waals surface area contributed by atoms with Crippen molar-refractivity contribution in [3.63, 3.8) is 0 Å². The summed E-state index contributed by atoms with van der Waals surface area (Å²) in [5.41, 5.74) is 8.72. The molecule has 0 bridgehead atoms. The maximum Gasteiger partial charge on any atom is 0.239 e. The Kier molecular flexibility index (Phi) is 2.95. The van der Waals surface area contributed by atoms with Crippen LogP contribution in [0.3, 0.4) is 0 Å². The minimum Gasteiger partial charge on any atom is -0.396 e. The van der Waals surface area contributed by atoms with Gasteiger partial charge in [0.25, 0.3) is 0 Å². The van der Waals surface area contributed by atoms with Crippen LogP contribution in [0.15, 0.2) is 30.5 Å². The minimum absolute atomic E-state index is 0.0446. The lowest BCUT2D eigenvalue weighted by molar-refractivity contribution is -0.119. The fraction of sp³-hybridized carbons (Fsp3) is 0.286. The highest BCUT2D eigenvalue weighted by Crippen LogP contribution is 2.30. The summed E-state index contributed by atoms with van der Waals surface area (Å²) in [5.74, 6) is 0.0446. The van der Waals surface area contributed by atoms with Crippen LogP contribution < -0.4 is 16.0 Å². The van der Waals surface area contributed by atoms with Gasteiger partial charge in [-0.1, -0.05) is 0 Å². The molecular formula is C14H16N4O. The summed E-state index contributed by atoms with van der Waals surface area (Å²) < 4.78 is 0. The van der Waals surface area contributed by atoms with Crippen molar-refractivity contribution >= 4 is 28.2 Å². The van der Waals surface area contributed by atoms with Gasteiger partial charge in [-0.05, 0) is 30.7 Å². The van der Waals surface area contributed by atoms with Gasteiger partial charge in [-0.3, -0.25) is 9.78 Å². The number of hydrogen-bond donors (Lipinski definition) is 2. The lowest BCUT2D eigenvalue weighted by Crippen LogP contribution is -2.33. The van der Waals surface area contributed by atoms with Crippen molar-refractivity contribution in [2.45, 2.75) is 6.42 Å². The SMILES string of the molecule is Nc1c(N2CCCNC(=O)C2)ccc2ncccc12. The number of carbonyl (C=O) groups excluding carboxylic acids is 1. The Labute approximate surface area is 111 Å². The molecule has 1 aliphatic rings. The van der Waals surface area contributed by atoms with E-state index in [0.29, 0.717) is 12.2 Å². The molecule has 0 atom stereocenters. The van der Waals surface area contributed by atoms with Crippen LogP contribution in [0.5, 0.6) is 0 Å². The summed E-state index contributed by atoms with van der Waals surface area (Å²) in [6, 6.07) is 7.73. The largest absolute Gasteiger partial charge is 0.396 e. The number of hydrogen-bond acceptors (Lipinski definition) is 4. The van der Waals surface area contributed by atoms with E-state index in [4.69, 9.17) is 5.73 Å². The molecule has 3 rings (SSSR count). The molecule has 19 heavy (non-hydrogen) atoms. The molecule has 0 unspecified atom stereocenters. The average Bonchev–Trinajstić information content (AvgIpc) is 2.64. The molecular weight excluding hydrogens is 240 g/mol. The Morgan fingerprint density at radius 1 is 1.32 bits per heavy atom. The number of anilines is 2. The minimum atomic E-state index is 0.0446. The number of benzene rings is 1. The van der Waals surface area contributed by atoms with Gasteiger partial charge in [0, 0.05) is 24.7 Å². The van der Waals surface area contributed by atoms with Crippen molar-refractivity contribution in [3.8, 4) is 0 Å². The first-order valence-electron chi connectivity index (χ1n) is 6.40. The predicted octanol–water partition coefficient (Wildman–Crippen LogP) is 1.14. The van der Waals surface area contributed by atoms with Crippen molar-refractivity contribution in [2.24, 2.45) is 0 Å². The van der Waals surface area contributed by atoms with Gasteiger partial charge in [-0.15, -0.1) is 0 Å². The zero-order chi connectivity index (χ0) is 13.2. The quantitative estimate of drug-likeness (QED) is 0.751. The number of aromatic nitrogens is 1. The molecule has 1 saturated heterocycles. The second-order valence-electron chi connectivity index (χ2n) is 4.69. The monoisotopic (exact) mass is 256 g/mol. The van der Waals surface area contributed by atoms with E-state index in [1.54, 1.807) is 6.20 Å². The van der Waals surface area contributed by atoms with Crippen LogP contribution in [-0.4, -0.2) is 30.5 Å². The molecule has 1 fully saturated rings.